The van der Waals surface area contributed by atoms with Gasteiger partial charge in [0.05, 0.1) is 17.6 Å². The molecule has 0 atom stereocenters. The van der Waals surface area contributed by atoms with Gasteiger partial charge in [0.15, 0.2) is 5.13 Å². The van der Waals surface area contributed by atoms with Crippen LogP contribution in [0.5, 0.6) is 0 Å². The molecule has 0 saturated heterocycles. The van der Waals surface area contributed by atoms with E-state index in [0.717, 1.165) is 38.9 Å². The summed E-state index contributed by atoms with van der Waals surface area (Å²) >= 11 is 7.72. The summed E-state index contributed by atoms with van der Waals surface area (Å²) < 4.78 is 2.22. The molecule has 30 heavy (non-hydrogen) atoms. The number of hydrogen-bond acceptors (Lipinski definition) is 5. The monoisotopic (exact) mass is 437 g/mol. The van der Waals surface area contributed by atoms with Crippen molar-refractivity contribution < 1.29 is 4.79 Å². The smallest absolute Gasteiger partial charge is 0.277 e. The van der Waals surface area contributed by atoms with Gasteiger partial charge in [-0.05, 0) is 38.5 Å². The average Bonchev–Trinajstić information content (AvgIpc) is 3.29. The number of nitrogens with one attached hydrogen (secondary N) is 1. The summed E-state index contributed by atoms with van der Waals surface area (Å²) in [5.74, 6) is -0.326. The van der Waals surface area contributed by atoms with Crippen LogP contribution in [0.25, 0.3) is 11.3 Å². The second-order valence-corrected chi connectivity index (χ2v) is 8.26. The van der Waals surface area contributed by atoms with Gasteiger partial charge >= 0.3 is 0 Å². The number of carbonyl (C=O) groups is 1. The van der Waals surface area contributed by atoms with Crippen LogP contribution in [-0.4, -0.2) is 25.4 Å². The fourth-order valence-electron chi connectivity index (χ4n) is 3.23. The second-order valence-electron chi connectivity index (χ2n) is 7.00. The third kappa shape index (κ3) is 4.13. The number of halogens is 1. The molecule has 0 saturated carbocycles. The highest BCUT2D eigenvalue weighted by atomic mass is 35.5. The van der Waals surface area contributed by atoms with Gasteiger partial charge in [-0.3, -0.25) is 15.1 Å². The Labute approximate surface area is 183 Å². The summed E-state index contributed by atoms with van der Waals surface area (Å²) in [6.45, 7) is 6.65. The molecule has 6 nitrogen and oxygen atoms in total. The quantitative estimate of drug-likeness (QED) is 0.461. The molecule has 0 fully saturated rings. The molecule has 1 aromatic carbocycles. The molecule has 0 bridgehead atoms. The van der Waals surface area contributed by atoms with Crippen LogP contribution < -0.4 is 5.32 Å². The summed E-state index contributed by atoms with van der Waals surface area (Å²) in [6, 6.07) is 9.97. The van der Waals surface area contributed by atoms with Gasteiger partial charge in [-0.1, -0.05) is 29.8 Å². The molecule has 1 amide bonds. The zero-order valence-corrected chi connectivity index (χ0v) is 18.4. The van der Waals surface area contributed by atoms with Crippen molar-refractivity contribution in [1.82, 2.24) is 19.5 Å². The standard InChI is InChI=1S/C22H20ClN5OS/c1-13-9-25-19(10-24-13)21(29)27-22-26-20(12-30-22)17-8-14(2)28(15(17)3)11-16-6-4-5-7-18(16)23/h4-10,12H,11H2,1-3H3,(H,26,27,29). The van der Waals surface area contributed by atoms with Crippen LogP contribution in [0.1, 0.15) is 33.1 Å². The van der Waals surface area contributed by atoms with Gasteiger partial charge in [-0.15, -0.1) is 11.3 Å². The van der Waals surface area contributed by atoms with Gasteiger partial charge in [-0.2, -0.15) is 0 Å². The Bertz CT molecular complexity index is 1210. The first kappa shape index (κ1) is 20.3. The zero-order chi connectivity index (χ0) is 21.3. The van der Waals surface area contributed by atoms with Crippen molar-refractivity contribution in [1.29, 1.82) is 0 Å². The van der Waals surface area contributed by atoms with Crippen LogP contribution in [0.15, 0.2) is 48.1 Å². The Morgan fingerprint density at radius 1 is 1.17 bits per heavy atom. The molecule has 4 rings (SSSR count). The van der Waals surface area contributed by atoms with E-state index in [1.807, 2.05) is 36.6 Å². The molecule has 0 aliphatic rings. The molecule has 8 heteroatoms. The van der Waals surface area contributed by atoms with Crippen molar-refractivity contribution in [3.63, 3.8) is 0 Å². The maximum absolute atomic E-state index is 12.4. The van der Waals surface area contributed by atoms with Crippen LogP contribution in [0.4, 0.5) is 5.13 Å². The summed E-state index contributed by atoms with van der Waals surface area (Å²) in [7, 11) is 0. The molecule has 0 aliphatic carbocycles. The average molecular weight is 438 g/mol. The Morgan fingerprint density at radius 3 is 2.70 bits per heavy atom. The minimum Gasteiger partial charge on any atom is -0.344 e. The first-order valence-electron chi connectivity index (χ1n) is 9.38. The number of aryl methyl sites for hydroxylation is 2. The highest BCUT2D eigenvalue weighted by Crippen LogP contribution is 2.31. The first-order valence-corrected chi connectivity index (χ1v) is 10.6. The Morgan fingerprint density at radius 2 is 1.97 bits per heavy atom. The molecule has 4 aromatic rings. The number of thiazole rings is 1. The van der Waals surface area contributed by atoms with Gasteiger partial charge in [0.2, 0.25) is 0 Å². The van der Waals surface area contributed by atoms with E-state index in [2.05, 4.69) is 44.7 Å². The molecule has 1 N–H and O–H groups in total. The number of hydrogen-bond donors (Lipinski definition) is 1. The number of benzene rings is 1. The summed E-state index contributed by atoms with van der Waals surface area (Å²) in [4.78, 5) is 25.2. The van der Waals surface area contributed by atoms with Crippen molar-refractivity contribution in [3.05, 3.63) is 81.5 Å². The number of amides is 1. The van der Waals surface area contributed by atoms with E-state index in [-0.39, 0.29) is 11.6 Å². The van der Waals surface area contributed by atoms with E-state index < -0.39 is 0 Å². The molecule has 0 radical (unpaired) electrons. The maximum Gasteiger partial charge on any atom is 0.277 e. The first-order chi connectivity index (χ1) is 14.4. The van der Waals surface area contributed by atoms with Crippen LogP contribution >= 0.6 is 22.9 Å². The van der Waals surface area contributed by atoms with E-state index in [4.69, 9.17) is 11.6 Å². The molecule has 0 unspecified atom stereocenters. The van der Waals surface area contributed by atoms with E-state index in [9.17, 15) is 4.79 Å². The Hall–Kier alpha value is -3.03. The van der Waals surface area contributed by atoms with Crippen molar-refractivity contribution >= 4 is 34.0 Å². The predicted molar refractivity (Wildman–Crippen MR) is 120 cm³/mol. The highest BCUT2D eigenvalue weighted by molar-refractivity contribution is 7.14. The SMILES string of the molecule is Cc1cnc(C(=O)Nc2nc(-c3cc(C)n(Cc4ccccc4Cl)c3C)cs2)cn1. The molecule has 0 aliphatic heterocycles. The number of nitrogens with zero attached hydrogens (tertiary/aromatic N) is 4. The molecule has 152 valence electrons. The summed E-state index contributed by atoms with van der Waals surface area (Å²) in [5, 5.41) is 6.02. The fourth-order valence-corrected chi connectivity index (χ4v) is 4.13. The Kier molecular flexibility index (Phi) is 5.65. The zero-order valence-electron chi connectivity index (χ0n) is 16.8. The number of carbonyl (C=O) groups excluding carboxylic acids is 1. The highest BCUT2D eigenvalue weighted by Gasteiger charge is 2.16. The molecule has 3 aromatic heterocycles. The van der Waals surface area contributed by atoms with Gasteiger partial charge in [0, 0.05) is 40.1 Å². The van der Waals surface area contributed by atoms with Crippen molar-refractivity contribution in [2.45, 2.75) is 27.3 Å². The van der Waals surface area contributed by atoms with Crippen molar-refractivity contribution in [2.75, 3.05) is 5.32 Å². The van der Waals surface area contributed by atoms with E-state index in [0.29, 0.717) is 11.7 Å². The lowest BCUT2D eigenvalue weighted by Crippen LogP contribution is -2.14. The number of aromatic nitrogens is 4. The lowest BCUT2D eigenvalue weighted by molar-refractivity contribution is 0.102. The van der Waals surface area contributed by atoms with Crippen molar-refractivity contribution in [2.24, 2.45) is 0 Å². The molecule has 0 spiro atoms. The Balaban J connectivity index is 1.55. The lowest BCUT2D eigenvalue weighted by Gasteiger charge is -2.11. The second kappa shape index (κ2) is 8.38. The van der Waals surface area contributed by atoms with Crippen LogP contribution in [-0.2, 0) is 6.54 Å². The summed E-state index contributed by atoms with van der Waals surface area (Å²) in [5.41, 5.74) is 6.16. The van der Waals surface area contributed by atoms with Crippen molar-refractivity contribution in [3.8, 4) is 11.3 Å². The summed E-state index contributed by atoms with van der Waals surface area (Å²) in [6.07, 6.45) is 3.03. The van der Waals surface area contributed by atoms with Crippen LogP contribution in [0, 0.1) is 20.8 Å². The third-order valence-corrected chi connectivity index (χ3v) is 6.00. The van der Waals surface area contributed by atoms with Gasteiger partial charge < -0.3 is 4.57 Å². The number of rotatable bonds is 5. The van der Waals surface area contributed by atoms with Gasteiger partial charge in [0.25, 0.3) is 5.91 Å². The third-order valence-electron chi connectivity index (χ3n) is 4.87. The topological polar surface area (TPSA) is 72.7 Å². The largest absolute Gasteiger partial charge is 0.344 e. The predicted octanol–water partition coefficient (Wildman–Crippen LogP) is 5.28. The van der Waals surface area contributed by atoms with Crippen LogP contribution in [0.2, 0.25) is 5.02 Å². The molecular formula is C22H20ClN5OS. The normalized spacial score (nSPS) is 10.9. The van der Waals surface area contributed by atoms with Gasteiger partial charge in [-0.25, -0.2) is 9.97 Å². The minimum absolute atomic E-state index is 0.260. The van der Waals surface area contributed by atoms with E-state index >= 15 is 0 Å². The molecule has 3 heterocycles. The maximum atomic E-state index is 12.4. The van der Waals surface area contributed by atoms with E-state index in [1.165, 1.54) is 17.5 Å². The van der Waals surface area contributed by atoms with Gasteiger partial charge in [0.1, 0.15) is 5.69 Å². The number of anilines is 1. The minimum atomic E-state index is -0.326. The lowest BCUT2D eigenvalue weighted by atomic mass is 10.2. The van der Waals surface area contributed by atoms with E-state index in [1.54, 1.807) is 6.20 Å². The fraction of sp³-hybridized carbons (Fsp3) is 0.182. The van der Waals surface area contributed by atoms with Crippen LogP contribution in [0.3, 0.4) is 0 Å². The molecular weight excluding hydrogens is 418 g/mol.